The number of aromatic nitrogens is 4. The monoisotopic (exact) mass is 241 g/mol. The molecule has 1 N–H and O–H groups in total. The van der Waals surface area contributed by atoms with Crippen LogP contribution in [0.1, 0.15) is 19.2 Å². The third-order valence-electron chi connectivity index (χ3n) is 2.83. The van der Waals surface area contributed by atoms with Crippen LogP contribution in [-0.2, 0) is 17.8 Å². The van der Waals surface area contributed by atoms with Crippen LogP contribution in [0.3, 0.4) is 0 Å². The number of aryl methyl sites for hydroxylation is 1. The summed E-state index contributed by atoms with van der Waals surface area (Å²) in [5.41, 5.74) is 0. The molecule has 7 nitrogen and oxygen atoms in total. The van der Waals surface area contributed by atoms with Crippen LogP contribution in [0.2, 0.25) is 0 Å². The van der Waals surface area contributed by atoms with Gasteiger partial charge in [0.25, 0.3) is 0 Å². The Labute approximate surface area is 100 Å². The predicted octanol–water partition coefficient (Wildman–Crippen LogP) is -0.724. The third kappa shape index (κ3) is 3.21. The van der Waals surface area contributed by atoms with Gasteiger partial charge >= 0.3 is 0 Å². The number of rotatable bonds is 5. The van der Waals surface area contributed by atoms with E-state index in [4.69, 9.17) is 9.84 Å². The minimum absolute atomic E-state index is 0.0659. The smallest absolute Gasteiger partial charge is 0.165 e. The molecule has 1 aromatic heterocycles. The number of aliphatic hydroxyl groups is 1. The number of aliphatic hydroxyl groups excluding tert-OH is 1. The van der Waals surface area contributed by atoms with Crippen LogP contribution >= 0.6 is 0 Å². The van der Waals surface area contributed by atoms with Gasteiger partial charge in [-0.25, -0.2) is 4.68 Å². The molecule has 0 amide bonds. The quantitative estimate of drug-likeness (QED) is 0.733. The Morgan fingerprint density at radius 1 is 1.53 bits per heavy atom. The van der Waals surface area contributed by atoms with Crippen molar-refractivity contribution >= 4 is 0 Å². The molecule has 1 aromatic rings. The molecule has 1 saturated heterocycles. The topological polar surface area (TPSA) is 76.3 Å². The maximum Gasteiger partial charge on any atom is 0.165 e. The summed E-state index contributed by atoms with van der Waals surface area (Å²) < 4.78 is 7.24. The summed E-state index contributed by atoms with van der Waals surface area (Å²) in [6, 6.07) is 0. The van der Waals surface area contributed by atoms with E-state index in [1.54, 1.807) is 0 Å². The van der Waals surface area contributed by atoms with E-state index < -0.39 is 0 Å². The van der Waals surface area contributed by atoms with Gasteiger partial charge in [-0.05, 0) is 16.8 Å². The van der Waals surface area contributed by atoms with Crippen molar-refractivity contribution in [3.63, 3.8) is 0 Å². The Hall–Kier alpha value is -1.05. The largest absolute Gasteiger partial charge is 0.394 e. The molecule has 96 valence electrons. The van der Waals surface area contributed by atoms with Gasteiger partial charge in [0, 0.05) is 19.6 Å². The summed E-state index contributed by atoms with van der Waals surface area (Å²) >= 11 is 0. The number of nitrogens with zero attached hydrogens (tertiary/aromatic N) is 5. The van der Waals surface area contributed by atoms with Gasteiger partial charge in [0.2, 0.25) is 0 Å². The summed E-state index contributed by atoms with van der Waals surface area (Å²) in [6.45, 7) is 5.97. The van der Waals surface area contributed by atoms with Crippen molar-refractivity contribution < 1.29 is 9.84 Å². The second kappa shape index (κ2) is 6.04. The van der Waals surface area contributed by atoms with Crippen molar-refractivity contribution in [2.24, 2.45) is 0 Å². The van der Waals surface area contributed by atoms with E-state index in [9.17, 15) is 0 Å². The average Bonchev–Trinajstić information content (AvgIpc) is 2.78. The molecular weight excluding hydrogens is 222 g/mol. The van der Waals surface area contributed by atoms with E-state index >= 15 is 0 Å². The van der Waals surface area contributed by atoms with Gasteiger partial charge in [0.05, 0.1) is 25.9 Å². The normalized spacial score (nSPS) is 21.9. The van der Waals surface area contributed by atoms with Crippen LogP contribution in [0, 0.1) is 0 Å². The van der Waals surface area contributed by atoms with Crippen LogP contribution < -0.4 is 0 Å². The molecule has 7 heteroatoms. The first-order valence-electron chi connectivity index (χ1n) is 6.03. The molecule has 1 fully saturated rings. The summed E-state index contributed by atoms with van der Waals surface area (Å²) in [5.74, 6) is 0.880. The highest BCUT2D eigenvalue weighted by Crippen LogP contribution is 2.08. The van der Waals surface area contributed by atoms with E-state index in [-0.39, 0.29) is 12.7 Å². The molecule has 2 heterocycles. The van der Waals surface area contributed by atoms with Crippen molar-refractivity contribution in [2.45, 2.75) is 32.5 Å². The lowest BCUT2D eigenvalue weighted by Crippen LogP contribution is -2.43. The number of ether oxygens (including phenoxy) is 1. The average molecular weight is 241 g/mol. The highest BCUT2D eigenvalue weighted by Gasteiger charge is 2.21. The fourth-order valence-corrected chi connectivity index (χ4v) is 1.96. The Morgan fingerprint density at radius 3 is 3.18 bits per heavy atom. The minimum atomic E-state index is -0.0840. The highest BCUT2D eigenvalue weighted by atomic mass is 16.5. The van der Waals surface area contributed by atoms with Gasteiger partial charge in [-0.3, -0.25) is 4.90 Å². The molecule has 1 unspecified atom stereocenters. The molecule has 1 atom stereocenters. The van der Waals surface area contributed by atoms with Gasteiger partial charge in [0.15, 0.2) is 5.82 Å². The van der Waals surface area contributed by atoms with Crippen LogP contribution in [-0.4, -0.2) is 62.6 Å². The molecule has 1 aliphatic rings. The van der Waals surface area contributed by atoms with Crippen LogP contribution in [0.25, 0.3) is 0 Å². The molecule has 0 saturated carbocycles. The van der Waals surface area contributed by atoms with E-state index in [2.05, 4.69) is 27.3 Å². The van der Waals surface area contributed by atoms with Crippen LogP contribution in [0.4, 0.5) is 0 Å². The SMILES string of the molecule is CCCn1nnnc1CN1CCOC(CO)C1. The van der Waals surface area contributed by atoms with Crippen molar-refractivity contribution in [1.82, 2.24) is 25.1 Å². The van der Waals surface area contributed by atoms with Crippen LogP contribution in [0.15, 0.2) is 0 Å². The fourth-order valence-electron chi connectivity index (χ4n) is 1.96. The first-order chi connectivity index (χ1) is 8.33. The maximum atomic E-state index is 9.08. The molecular formula is C10H19N5O2. The fraction of sp³-hybridized carbons (Fsp3) is 0.900. The van der Waals surface area contributed by atoms with Gasteiger partial charge in [0.1, 0.15) is 0 Å². The van der Waals surface area contributed by atoms with E-state index in [1.165, 1.54) is 0 Å². The minimum Gasteiger partial charge on any atom is -0.394 e. The summed E-state index contributed by atoms with van der Waals surface area (Å²) in [4.78, 5) is 2.21. The zero-order valence-corrected chi connectivity index (χ0v) is 10.1. The zero-order chi connectivity index (χ0) is 12.1. The lowest BCUT2D eigenvalue weighted by atomic mass is 10.3. The Bertz CT molecular complexity index is 343. The van der Waals surface area contributed by atoms with Crippen LogP contribution in [0.5, 0.6) is 0 Å². The maximum absolute atomic E-state index is 9.08. The molecule has 0 radical (unpaired) electrons. The number of hydrogen-bond acceptors (Lipinski definition) is 6. The second-order valence-corrected chi connectivity index (χ2v) is 4.23. The Kier molecular flexibility index (Phi) is 4.41. The van der Waals surface area contributed by atoms with E-state index in [0.717, 1.165) is 31.9 Å². The number of morpholine rings is 1. The zero-order valence-electron chi connectivity index (χ0n) is 10.1. The van der Waals surface area contributed by atoms with Gasteiger partial charge in [-0.1, -0.05) is 6.92 Å². The second-order valence-electron chi connectivity index (χ2n) is 4.23. The molecule has 0 aromatic carbocycles. The third-order valence-corrected chi connectivity index (χ3v) is 2.83. The summed E-state index contributed by atoms with van der Waals surface area (Å²) in [6.07, 6.45) is 0.930. The highest BCUT2D eigenvalue weighted by molar-refractivity contribution is 4.83. The van der Waals surface area contributed by atoms with E-state index in [1.807, 2.05) is 4.68 Å². The number of tetrazole rings is 1. The summed E-state index contributed by atoms with van der Waals surface area (Å²) in [7, 11) is 0. The van der Waals surface area contributed by atoms with Gasteiger partial charge in [-0.15, -0.1) is 5.10 Å². The predicted molar refractivity (Wildman–Crippen MR) is 60.2 cm³/mol. The van der Waals surface area contributed by atoms with E-state index in [0.29, 0.717) is 13.2 Å². The molecule has 17 heavy (non-hydrogen) atoms. The molecule has 1 aliphatic heterocycles. The van der Waals surface area contributed by atoms with Crippen molar-refractivity contribution in [3.8, 4) is 0 Å². The molecule has 2 rings (SSSR count). The van der Waals surface area contributed by atoms with Crippen molar-refractivity contribution in [3.05, 3.63) is 5.82 Å². The Balaban J connectivity index is 1.93. The Morgan fingerprint density at radius 2 is 2.41 bits per heavy atom. The standard InChI is InChI=1S/C10H19N5O2/c1-2-3-15-10(11-12-13-15)7-14-4-5-17-9(6-14)8-16/h9,16H,2-8H2,1H3. The summed E-state index contributed by atoms with van der Waals surface area (Å²) in [5, 5.41) is 20.8. The van der Waals surface area contributed by atoms with Crippen molar-refractivity contribution in [2.75, 3.05) is 26.3 Å². The van der Waals surface area contributed by atoms with Crippen molar-refractivity contribution in [1.29, 1.82) is 0 Å². The van der Waals surface area contributed by atoms with Gasteiger partial charge in [-0.2, -0.15) is 0 Å². The lowest BCUT2D eigenvalue weighted by Gasteiger charge is -2.31. The number of hydrogen-bond donors (Lipinski definition) is 1. The molecule has 0 aliphatic carbocycles. The lowest BCUT2D eigenvalue weighted by molar-refractivity contribution is -0.0559. The van der Waals surface area contributed by atoms with Gasteiger partial charge < -0.3 is 9.84 Å². The molecule has 0 spiro atoms. The first kappa shape index (κ1) is 12.4. The first-order valence-corrected chi connectivity index (χ1v) is 6.03. The molecule has 0 bridgehead atoms.